The van der Waals surface area contributed by atoms with Gasteiger partial charge in [-0.05, 0) is 50.1 Å². The molecule has 8 nitrogen and oxygen atoms in total. The van der Waals surface area contributed by atoms with Crippen LogP contribution in [0.2, 0.25) is 0 Å². The number of piperidine rings is 1. The van der Waals surface area contributed by atoms with Crippen molar-refractivity contribution in [2.75, 3.05) is 25.5 Å². The Hall–Kier alpha value is -2.91. The lowest BCUT2D eigenvalue weighted by molar-refractivity contribution is -0.122. The highest BCUT2D eigenvalue weighted by atomic mass is 32.2. The summed E-state index contributed by atoms with van der Waals surface area (Å²) in [5.74, 6) is -0.735. The molecule has 0 aliphatic carbocycles. The average molecular weight is 432 g/mol. The second-order valence-electron chi connectivity index (χ2n) is 7.26. The second-order valence-corrected chi connectivity index (χ2v) is 9.20. The van der Waals surface area contributed by atoms with Gasteiger partial charge in [0.25, 0.3) is 5.91 Å². The van der Waals surface area contributed by atoms with E-state index in [2.05, 4.69) is 5.32 Å². The Labute approximate surface area is 176 Å². The summed E-state index contributed by atoms with van der Waals surface area (Å²) in [6, 6.07) is 11.4. The number of benzene rings is 2. The molecule has 3 rings (SSSR count). The molecule has 2 aromatic rings. The molecule has 0 radical (unpaired) electrons. The fourth-order valence-electron chi connectivity index (χ4n) is 3.37. The van der Waals surface area contributed by atoms with E-state index in [1.54, 1.807) is 12.1 Å². The van der Waals surface area contributed by atoms with Crippen LogP contribution in [0.5, 0.6) is 5.75 Å². The van der Waals surface area contributed by atoms with Gasteiger partial charge in [0.1, 0.15) is 5.75 Å². The molecule has 1 fully saturated rings. The lowest BCUT2D eigenvalue weighted by Gasteiger charge is -2.29. The molecule has 0 saturated carbocycles. The summed E-state index contributed by atoms with van der Waals surface area (Å²) in [6.07, 6.45) is 0.781. The normalized spacial score (nSPS) is 15.5. The number of rotatable bonds is 6. The van der Waals surface area contributed by atoms with Gasteiger partial charge in [0.05, 0.1) is 17.7 Å². The summed E-state index contributed by atoms with van der Waals surface area (Å²) in [5, 5.41) is 2.73. The van der Waals surface area contributed by atoms with Crippen LogP contribution in [0.1, 0.15) is 28.8 Å². The number of hydrogen-bond donors (Lipinski definition) is 2. The maximum atomic E-state index is 13.1. The Morgan fingerprint density at radius 1 is 1.10 bits per heavy atom. The third kappa shape index (κ3) is 4.63. The van der Waals surface area contributed by atoms with E-state index in [1.165, 1.54) is 29.6 Å². The standard InChI is InChI=1S/C21H25N3O5S/c1-14-3-5-16(6-4-14)21(26)23-18-13-17(7-8-19(18)29-2)30(27,28)24-11-9-15(10-12-24)20(22)25/h3-8,13,15H,9-12H2,1-2H3,(H2,22,25)(H,23,26). The van der Waals surface area contributed by atoms with Crippen LogP contribution in [-0.2, 0) is 14.8 Å². The first-order valence-electron chi connectivity index (χ1n) is 9.58. The Morgan fingerprint density at radius 2 is 1.73 bits per heavy atom. The lowest BCUT2D eigenvalue weighted by Crippen LogP contribution is -2.41. The van der Waals surface area contributed by atoms with Crippen molar-refractivity contribution in [1.82, 2.24) is 4.31 Å². The Kier molecular flexibility index (Phi) is 6.42. The van der Waals surface area contributed by atoms with E-state index in [4.69, 9.17) is 10.5 Å². The lowest BCUT2D eigenvalue weighted by atomic mass is 9.98. The summed E-state index contributed by atoms with van der Waals surface area (Å²) < 4.78 is 32.7. The molecule has 0 aromatic heterocycles. The number of anilines is 1. The van der Waals surface area contributed by atoms with Gasteiger partial charge in [0.2, 0.25) is 15.9 Å². The Bertz CT molecular complexity index is 1040. The fourth-order valence-corrected chi connectivity index (χ4v) is 4.87. The minimum absolute atomic E-state index is 0.0417. The quantitative estimate of drug-likeness (QED) is 0.726. The number of ether oxygens (including phenoxy) is 1. The van der Waals surface area contributed by atoms with Gasteiger partial charge in [-0.1, -0.05) is 17.7 Å². The zero-order valence-electron chi connectivity index (χ0n) is 16.9. The number of nitrogens with two attached hydrogens (primary N) is 1. The average Bonchev–Trinajstić information content (AvgIpc) is 2.74. The molecule has 0 spiro atoms. The fraction of sp³-hybridized carbons (Fsp3) is 0.333. The minimum atomic E-state index is -3.79. The van der Waals surface area contributed by atoms with Gasteiger partial charge in [-0.3, -0.25) is 9.59 Å². The topological polar surface area (TPSA) is 119 Å². The zero-order valence-corrected chi connectivity index (χ0v) is 17.7. The number of nitrogens with one attached hydrogen (secondary N) is 1. The van der Waals surface area contributed by atoms with Crippen molar-refractivity contribution >= 4 is 27.5 Å². The molecule has 3 N–H and O–H groups in total. The van der Waals surface area contributed by atoms with Crippen molar-refractivity contribution < 1.29 is 22.7 Å². The van der Waals surface area contributed by atoms with Gasteiger partial charge >= 0.3 is 0 Å². The van der Waals surface area contributed by atoms with E-state index in [1.807, 2.05) is 19.1 Å². The predicted molar refractivity (Wildman–Crippen MR) is 113 cm³/mol. The molecule has 30 heavy (non-hydrogen) atoms. The molecule has 1 aliphatic rings. The maximum absolute atomic E-state index is 13.1. The highest BCUT2D eigenvalue weighted by molar-refractivity contribution is 7.89. The van der Waals surface area contributed by atoms with Gasteiger partial charge < -0.3 is 15.8 Å². The summed E-state index contributed by atoms with van der Waals surface area (Å²) in [7, 11) is -2.35. The van der Waals surface area contributed by atoms with Crippen molar-refractivity contribution in [2.24, 2.45) is 11.7 Å². The van der Waals surface area contributed by atoms with Crippen LogP contribution in [0.4, 0.5) is 5.69 Å². The maximum Gasteiger partial charge on any atom is 0.255 e. The van der Waals surface area contributed by atoms with E-state index in [0.29, 0.717) is 24.2 Å². The molecule has 0 atom stereocenters. The number of carbonyl (C=O) groups excluding carboxylic acids is 2. The summed E-state index contributed by atoms with van der Waals surface area (Å²) in [5.41, 5.74) is 7.06. The Balaban J connectivity index is 1.84. The third-order valence-corrected chi connectivity index (χ3v) is 7.12. The van der Waals surface area contributed by atoms with Gasteiger partial charge in [0.15, 0.2) is 0 Å². The first kappa shape index (κ1) is 21.8. The molecular weight excluding hydrogens is 406 g/mol. The summed E-state index contributed by atoms with van der Waals surface area (Å²) in [6.45, 7) is 2.35. The molecule has 0 bridgehead atoms. The molecule has 0 unspecified atom stereocenters. The number of primary amides is 1. The van der Waals surface area contributed by atoms with Crippen LogP contribution in [-0.4, -0.2) is 44.7 Å². The number of methoxy groups -OCH3 is 1. The van der Waals surface area contributed by atoms with Crippen LogP contribution in [0, 0.1) is 12.8 Å². The first-order chi connectivity index (χ1) is 14.2. The van der Waals surface area contributed by atoms with Crippen LogP contribution < -0.4 is 15.8 Å². The van der Waals surface area contributed by atoms with E-state index in [9.17, 15) is 18.0 Å². The SMILES string of the molecule is COc1ccc(S(=O)(=O)N2CCC(C(N)=O)CC2)cc1NC(=O)c1ccc(C)cc1. The number of sulfonamides is 1. The zero-order chi connectivity index (χ0) is 21.9. The minimum Gasteiger partial charge on any atom is -0.495 e. The molecule has 2 amide bonds. The third-order valence-electron chi connectivity index (χ3n) is 5.23. The Morgan fingerprint density at radius 3 is 2.30 bits per heavy atom. The molecule has 2 aromatic carbocycles. The largest absolute Gasteiger partial charge is 0.495 e. The highest BCUT2D eigenvalue weighted by Gasteiger charge is 2.31. The summed E-state index contributed by atoms with van der Waals surface area (Å²) in [4.78, 5) is 24.0. The van der Waals surface area contributed by atoms with Gasteiger partial charge in [0, 0.05) is 24.6 Å². The van der Waals surface area contributed by atoms with Crippen molar-refractivity contribution in [1.29, 1.82) is 0 Å². The first-order valence-corrected chi connectivity index (χ1v) is 11.0. The summed E-state index contributed by atoms with van der Waals surface area (Å²) >= 11 is 0. The van der Waals surface area contributed by atoms with E-state index < -0.39 is 15.9 Å². The van der Waals surface area contributed by atoms with Gasteiger partial charge in [-0.2, -0.15) is 4.31 Å². The number of amides is 2. The van der Waals surface area contributed by atoms with E-state index in [0.717, 1.165) is 5.56 Å². The number of nitrogens with zero attached hydrogens (tertiary/aromatic N) is 1. The number of hydrogen-bond acceptors (Lipinski definition) is 5. The van der Waals surface area contributed by atoms with Crippen LogP contribution in [0.15, 0.2) is 47.4 Å². The van der Waals surface area contributed by atoms with Gasteiger partial charge in [-0.25, -0.2) is 8.42 Å². The predicted octanol–water partition coefficient (Wildman–Crippen LogP) is 2.14. The van der Waals surface area contributed by atoms with Crippen molar-refractivity contribution in [3.63, 3.8) is 0 Å². The van der Waals surface area contributed by atoms with Gasteiger partial charge in [-0.15, -0.1) is 0 Å². The number of aryl methyl sites for hydroxylation is 1. The van der Waals surface area contributed by atoms with E-state index in [-0.39, 0.29) is 35.5 Å². The smallest absolute Gasteiger partial charge is 0.255 e. The van der Waals surface area contributed by atoms with Crippen molar-refractivity contribution in [3.8, 4) is 5.75 Å². The van der Waals surface area contributed by atoms with Crippen molar-refractivity contribution in [2.45, 2.75) is 24.7 Å². The molecule has 1 saturated heterocycles. The van der Waals surface area contributed by atoms with Crippen LogP contribution in [0.3, 0.4) is 0 Å². The molecular formula is C21H25N3O5S. The van der Waals surface area contributed by atoms with Crippen LogP contribution >= 0.6 is 0 Å². The van der Waals surface area contributed by atoms with E-state index >= 15 is 0 Å². The molecule has 9 heteroatoms. The molecule has 160 valence electrons. The van der Waals surface area contributed by atoms with Crippen molar-refractivity contribution in [3.05, 3.63) is 53.6 Å². The molecule has 1 aliphatic heterocycles. The van der Waals surface area contributed by atoms with Crippen LogP contribution in [0.25, 0.3) is 0 Å². The monoisotopic (exact) mass is 431 g/mol. The second kappa shape index (κ2) is 8.85. The number of carbonyl (C=O) groups is 2. The highest BCUT2D eigenvalue weighted by Crippen LogP contribution is 2.31. The molecule has 1 heterocycles.